The normalized spacial score (nSPS) is 12.1. The number of halogens is 1. The molecule has 1 aromatic rings. The number of rotatable bonds is 4. The van der Waals surface area contributed by atoms with Crippen LogP contribution >= 0.6 is 12.4 Å². The summed E-state index contributed by atoms with van der Waals surface area (Å²) in [7, 11) is 0. The standard InChI is InChI=1S/C16H26O.ClH/c1-7-15(3,4)12-9-10-14(17)13(11-12)16(5,6)8-2;/h9-11,17H,7-8H2,1-6H3;1H. The van der Waals surface area contributed by atoms with Crippen LogP contribution in [-0.2, 0) is 10.8 Å². The largest absolute Gasteiger partial charge is 0.508 e. The summed E-state index contributed by atoms with van der Waals surface area (Å²) in [5.41, 5.74) is 2.59. The average Bonchev–Trinajstić information content (AvgIpc) is 2.29. The van der Waals surface area contributed by atoms with Crippen molar-refractivity contribution >= 4 is 12.4 Å². The first-order chi connectivity index (χ1) is 7.74. The molecular formula is C16H27ClO. The highest BCUT2D eigenvalue weighted by Gasteiger charge is 2.25. The molecule has 0 aliphatic heterocycles. The Morgan fingerprint density at radius 3 is 1.89 bits per heavy atom. The van der Waals surface area contributed by atoms with Crippen molar-refractivity contribution in [2.45, 2.75) is 65.2 Å². The van der Waals surface area contributed by atoms with Crippen molar-refractivity contribution in [3.63, 3.8) is 0 Å². The molecule has 2 heteroatoms. The minimum Gasteiger partial charge on any atom is -0.508 e. The maximum Gasteiger partial charge on any atom is 0.119 e. The smallest absolute Gasteiger partial charge is 0.119 e. The monoisotopic (exact) mass is 270 g/mol. The van der Waals surface area contributed by atoms with Crippen LogP contribution < -0.4 is 0 Å². The molecule has 0 amide bonds. The van der Waals surface area contributed by atoms with Crippen molar-refractivity contribution in [1.29, 1.82) is 0 Å². The highest BCUT2D eigenvalue weighted by atomic mass is 35.5. The van der Waals surface area contributed by atoms with Crippen molar-refractivity contribution in [2.75, 3.05) is 0 Å². The van der Waals surface area contributed by atoms with E-state index in [9.17, 15) is 5.11 Å². The van der Waals surface area contributed by atoms with Gasteiger partial charge in [-0.25, -0.2) is 0 Å². The fourth-order valence-corrected chi connectivity index (χ4v) is 1.89. The van der Waals surface area contributed by atoms with Crippen LogP contribution in [0.5, 0.6) is 5.75 Å². The lowest BCUT2D eigenvalue weighted by molar-refractivity contribution is 0.425. The van der Waals surface area contributed by atoms with Crippen LogP contribution in [0.15, 0.2) is 18.2 Å². The van der Waals surface area contributed by atoms with Gasteiger partial charge in [-0.2, -0.15) is 0 Å². The molecule has 0 radical (unpaired) electrons. The molecule has 0 unspecified atom stereocenters. The highest BCUT2D eigenvalue weighted by molar-refractivity contribution is 5.85. The molecule has 0 saturated heterocycles. The molecule has 0 heterocycles. The van der Waals surface area contributed by atoms with Gasteiger partial charge in [0.1, 0.15) is 5.75 Å². The van der Waals surface area contributed by atoms with Gasteiger partial charge in [0.2, 0.25) is 0 Å². The first-order valence-electron chi connectivity index (χ1n) is 6.58. The zero-order valence-corrected chi connectivity index (χ0v) is 13.3. The number of hydrogen-bond donors (Lipinski definition) is 1. The van der Waals surface area contributed by atoms with Crippen LogP contribution in [0.25, 0.3) is 0 Å². The molecule has 104 valence electrons. The van der Waals surface area contributed by atoms with Gasteiger partial charge in [0.25, 0.3) is 0 Å². The van der Waals surface area contributed by atoms with Crippen molar-refractivity contribution in [3.05, 3.63) is 29.3 Å². The second-order valence-electron chi connectivity index (χ2n) is 6.21. The molecule has 0 atom stereocenters. The summed E-state index contributed by atoms with van der Waals surface area (Å²) in [5, 5.41) is 10.0. The van der Waals surface area contributed by atoms with Crippen molar-refractivity contribution in [1.82, 2.24) is 0 Å². The molecular weight excluding hydrogens is 244 g/mol. The molecule has 0 fully saturated rings. The molecule has 18 heavy (non-hydrogen) atoms. The number of aromatic hydroxyl groups is 1. The van der Waals surface area contributed by atoms with E-state index in [0.29, 0.717) is 5.75 Å². The Balaban J connectivity index is 0.00000289. The van der Waals surface area contributed by atoms with Gasteiger partial charge in [-0.3, -0.25) is 0 Å². The van der Waals surface area contributed by atoms with Gasteiger partial charge in [-0.1, -0.05) is 53.7 Å². The van der Waals surface area contributed by atoms with Gasteiger partial charge in [0.15, 0.2) is 0 Å². The zero-order valence-electron chi connectivity index (χ0n) is 12.5. The number of phenols is 1. The summed E-state index contributed by atoms with van der Waals surface area (Å²) in [6.45, 7) is 13.2. The van der Waals surface area contributed by atoms with Gasteiger partial charge in [0, 0.05) is 0 Å². The number of hydrogen-bond acceptors (Lipinski definition) is 1. The van der Waals surface area contributed by atoms with E-state index in [4.69, 9.17) is 0 Å². The van der Waals surface area contributed by atoms with Crippen LogP contribution in [0.2, 0.25) is 0 Å². The molecule has 0 aliphatic carbocycles. The summed E-state index contributed by atoms with van der Waals surface area (Å²) in [5.74, 6) is 0.424. The molecule has 1 rings (SSSR count). The zero-order chi connectivity index (χ0) is 13.3. The maximum absolute atomic E-state index is 10.0. The van der Waals surface area contributed by atoms with Gasteiger partial charge in [-0.15, -0.1) is 12.4 Å². The van der Waals surface area contributed by atoms with E-state index in [-0.39, 0.29) is 23.2 Å². The SMILES string of the molecule is CCC(C)(C)c1ccc(O)c(C(C)(C)CC)c1.Cl. The second kappa shape index (κ2) is 5.97. The van der Waals surface area contributed by atoms with Gasteiger partial charge in [0.05, 0.1) is 0 Å². The van der Waals surface area contributed by atoms with Gasteiger partial charge in [-0.05, 0) is 40.9 Å². The Morgan fingerprint density at radius 2 is 1.44 bits per heavy atom. The van der Waals surface area contributed by atoms with Gasteiger partial charge < -0.3 is 5.11 Å². The minimum absolute atomic E-state index is 0. The lowest BCUT2D eigenvalue weighted by Crippen LogP contribution is -2.20. The van der Waals surface area contributed by atoms with E-state index in [2.05, 4.69) is 47.6 Å². The predicted octanol–water partition coefficient (Wildman–Crippen LogP) is 5.19. The molecule has 0 aromatic heterocycles. The lowest BCUT2D eigenvalue weighted by Gasteiger charge is -2.29. The lowest BCUT2D eigenvalue weighted by atomic mass is 9.76. The maximum atomic E-state index is 10.0. The van der Waals surface area contributed by atoms with E-state index < -0.39 is 0 Å². The molecule has 1 N–H and O–H groups in total. The van der Waals surface area contributed by atoms with E-state index in [1.165, 1.54) is 5.56 Å². The van der Waals surface area contributed by atoms with E-state index in [1.807, 2.05) is 12.1 Å². The Labute approximate surface area is 118 Å². The molecule has 0 bridgehead atoms. The summed E-state index contributed by atoms with van der Waals surface area (Å²) >= 11 is 0. The molecule has 1 nitrogen and oxygen atoms in total. The van der Waals surface area contributed by atoms with Gasteiger partial charge >= 0.3 is 0 Å². The quantitative estimate of drug-likeness (QED) is 0.798. The summed E-state index contributed by atoms with van der Waals surface area (Å²) < 4.78 is 0. The second-order valence-corrected chi connectivity index (χ2v) is 6.21. The third-order valence-corrected chi connectivity index (χ3v) is 4.27. The Morgan fingerprint density at radius 1 is 0.944 bits per heavy atom. The fraction of sp³-hybridized carbons (Fsp3) is 0.625. The molecule has 1 aromatic carbocycles. The molecule has 0 aliphatic rings. The average molecular weight is 271 g/mol. The Kier molecular flexibility index (Phi) is 5.74. The van der Waals surface area contributed by atoms with E-state index in [0.717, 1.165) is 18.4 Å². The number of phenolic OH excluding ortho intramolecular Hbond substituents is 1. The van der Waals surface area contributed by atoms with Crippen molar-refractivity contribution in [3.8, 4) is 5.75 Å². The van der Waals surface area contributed by atoms with Crippen molar-refractivity contribution in [2.24, 2.45) is 0 Å². The topological polar surface area (TPSA) is 20.2 Å². The molecule has 0 saturated carbocycles. The Bertz CT molecular complexity index is 394. The van der Waals surface area contributed by atoms with Crippen molar-refractivity contribution < 1.29 is 5.11 Å². The Hall–Kier alpha value is -0.690. The predicted molar refractivity (Wildman–Crippen MR) is 82.0 cm³/mol. The van der Waals surface area contributed by atoms with Crippen LogP contribution in [0, 0.1) is 0 Å². The summed E-state index contributed by atoms with van der Waals surface area (Å²) in [4.78, 5) is 0. The molecule has 0 spiro atoms. The third-order valence-electron chi connectivity index (χ3n) is 4.27. The van der Waals surface area contributed by atoms with Crippen LogP contribution in [0.4, 0.5) is 0 Å². The first kappa shape index (κ1) is 17.3. The third kappa shape index (κ3) is 3.41. The summed E-state index contributed by atoms with van der Waals surface area (Å²) in [6.07, 6.45) is 2.13. The highest BCUT2D eigenvalue weighted by Crippen LogP contribution is 2.37. The fourth-order valence-electron chi connectivity index (χ4n) is 1.89. The van der Waals surface area contributed by atoms with Crippen LogP contribution in [0.3, 0.4) is 0 Å². The number of benzene rings is 1. The van der Waals surface area contributed by atoms with Crippen LogP contribution in [0.1, 0.15) is 65.5 Å². The minimum atomic E-state index is 0. The first-order valence-corrected chi connectivity index (χ1v) is 6.58. The van der Waals surface area contributed by atoms with E-state index in [1.54, 1.807) is 0 Å². The van der Waals surface area contributed by atoms with Crippen LogP contribution in [-0.4, -0.2) is 5.11 Å². The summed E-state index contributed by atoms with van der Waals surface area (Å²) in [6, 6.07) is 6.08. The van der Waals surface area contributed by atoms with E-state index >= 15 is 0 Å².